The molecule has 2 unspecified atom stereocenters. The fourth-order valence-corrected chi connectivity index (χ4v) is 1.77. The first-order valence-electron chi connectivity index (χ1n) is 4.24. The number of rotatable bonds is 5. The van der Waals surface area contributed by atoms with Crippen LogP contribution < -0.4 is 0 Å². The molecule has 0 aliphatic carbocycles. The van der Waals surface area contributed by atoms with Crippen LogP contribution in [0.25, 0.3) is 0 Å². The zero-order valence-electron chi connectivity index (χ0n) is 8.60. The summed E-state index contributed by atoms with van der Waals surface area (Å²) in [6.45, 7) is 9.88. The molecule has 0 heterocycles. The number of carbonyl (C=O) groups excluding carboxylic acids is 1. The average molecular weight is 190 g/mol. The van der Waals surface area contributed by atoms with E-state index in [1.807, 2.05) is 34.4 Å². The highest BCUT2D eigenvalue weighted by Crippen LogP contribution is 2.38. The Bertz CT molecular complexity index is 157. The maximum absolute atomic E-state index is 10.9. The van der Waals surface area contributed by atoms with Crippen LogP contribution in [0.15, 0.2) is 0 Å². The third-order valence-corrected chi connectivity index (χ3v) is 3.44. The Morgan fingerprint density at radius 3 is 2.17 bits per heavy atom. The highest BCUT2D eigenvalue weighted by Gasteiger charge is 2.40. The van der Waals surface area contributed by atoms with E-state index in [1.54, 1.807) is 0 Å². The number of carbonyl (C=O) groups is 1. The lowest BCUT2D eigenvalue weighted by Gasteiger charge is -2.38. The van der Waals surface area contributed by atoms with Gasteiger partial charge in [0.1, 0.15) is 6.29 Å². The van der Waals surface area contributed by atoms with Crippen LogP contribution in [0.2, 0.25) is 0 Å². The summed E-state index contributed by atoms with van der Waals surface area (Å²) in [5.74, 6) is 0. The van der Waals surface area contributed by atoms with E-state index in [-0.39, 0.29) is 11.0 Å². The lowest BCUT2D eigenvalue weighted by atomic mass is 9.75. The summed E-state index contributed by atoms with van der Waals surface area (Å²) in [5.41, 5.74) is -0.716. The molecule has 0 aromatic carbocycles. The first-order valence-corrected chi connectivity index (χ1v) is 5.65. The summed E-state index contributed by atoms with van der Waals surface area (Å²) in [6.07, 6.45) is 1.82. The van der Waals surface area contributed by atoms with E-state index in [0.29, 0.717) is 8.81 Å². The van der Waals surface area contributed by atoms with Crippen LogP contribution in [0.4, 0.5) is 0 Å². The van der Waals surface area contributed by atoms with Crippen molar-refractivity contribution < 1.29 is 9.32 Å². The second-order valence-corrected chi connectivity index (χ2v) is 4.32. The van der Waals surface area contributed by atoms with Crippen molar-refractivity contribution in [1.82, 2.24) is 0 Å². The van der Waals surface area contributed by atoms with Crippen molar-refractivity contribution in [2.45, 2.75) is 39.7 Å². The minimum atomic E-state index is -0.365. The molecule has 0 aromatic rings. The van der Waals surface area contributed by atoms with E-state index in [4.69, 9.17) is 4.52 Å². The molecule has 0 aliphatic rings. The monoisotopic (exact) mass is 190 g/mol. The Balaban J connectivity index is 4.57. The average Bonchev–Trinajstić information content (AvgIpc) is 2.02. The van der Waals surface area contributed by atoms with Gasteiger partial charge in [-0.15, -0.1) is 0 Å². The van der Waals surface area contributed by atoms with Gasteiger partial charge in [0.25, 0.3) is 0 Å². The molecule has 0 spiro atoms. The second kappa shape index (κ2) is 4.34. The van der Waals surface area contributed by atoms with Gasteiger partial charge >= 0.3 is 0 Å². The summed E-state index contributed by atoms with van der Waals surface area (Å²) >= 11 is 0. The van der Waals surface area contributed by atoms with Crippen LogP contribution >= 0.6 is 8.81 Å². The van der Waals surface area contributed by atoms with Crippen LogP contribution in [0, 0.1) is 5.41 Å². The Labute approximate surface area is 76.9 Å². The van der Waals surface area contributed by atoms with Crippen LogP contribution in [0.5, 0.6) is 0 Å². The highest BCUT2D eigenvalue weighted by atomic mass is 31.1. The quantitative estimate of drug-likeness (QED) is 0.492. The summed E-state index contributed by atoms with van der Waals surface area (Å²) in [4.78, 5) is 10.9. The summed E-state index contributed by atoms with van der Waals surface area (Å²) in [6, 6.07) is 0. The molecule has 0 aliphatic heterocycles. The third-order valence-electron chi connectivity index (χ3n) is 2.73. The smallest absolute Gasteiger partial charge is 0.128 e. The second-order valence-electron chi connectivity index (χ2n) is 3.71. The molecular weight excluding hydrogens is 171 g/mol. The van der Waals surface area contributed by atoms with Crippen molar-refractivity contribution in [2.24, 2.45) is 5.41 Å². The SMILES string of the molecule is CCC(C)(C=O)C(C)(C)OPC. The van der Waals surface area contributed by atoms with Gasteiger partial charge in [0.15, 0.2) is 0 Å². The van der Waals surface area contributed by atoms with Crippen LogP contribution in [0.3, 0.4) is 0 Å². The molecule has 2 atom stereocenters. The van der Waals surface area contributed by atoms with Gasteiger partial charge in [0.2, 0.25) is 0 Å². The van der Waals surface area contributed by atoms with E-state index >= 15 is 0 Å². The van der Waals surface area contributed by atoms with Gasteiger partial charge in [-0.25, -0.2) is 0 Å². The predicted molar refractivity (Wildman–Crippen MR) is 53.9 cm³/mol. The van der Waals surface area contributed by atoms with E-state index < -0.39 is 0 Å². The van der Waals surface area contributed by atoms with E-state index in [1.165, 1.54) is 0 Å². The van der Waals surface area contributed by atoms with Gasteiger partial charge < -0.3 is 9.32 Å². The van der Waals surface area contributed by atoms with Gasteiger partial charge in [-0.1, -0.05) is 13.8 Å². The van der Waals surface area contributed by atoms with Gasteiger partial charge in [-0.05, 0) is 26.9 Å². The van der Waals surface area contributed by atoms with Crippen molar-refractivity contribution in [3.05, 3.63) is 0 Å². The number of aldehydes is 1. The Morgan fingerprint density at radius 1 is 1.42 bits per heavy atom. The normalized spacial score (nSPS) is 18.1. The van der Waals surface area contributed by atoms with Gasteiger partial charge in [-0.2, -0.15) is 0 Å². The zero-order valence-corrected chi connectivity index (χ0v) is 9.60. The van der Waals surface area contributed by atoms with Gasteiger partial charge in [0, 0.05) is 8.81 Å². The lowest BCUT2D eigenvalue weighted by Crippen LogP contribution is -2.42. The largest absolute Gasteiger partial charge is 0.356 e. The first-order chi connectivity index (χ1) is 5.43. The Kier molecular flexibility index (Phi) is 4.36. The maximum atomic E-state index is 10.9. The molecule has 72 valence electrons. The molecule has 0 rings (SSSR count). The minimum absolute atomic E-state index is 0.351. The molecule has 3 heteroatoms. The first kappa shape index (κ1) is 12.1. The van der Waals surface area contributed by atoms with Crippen LogP contribution in [-0.2, 0) is 9.32 Å². The number of hydrogen-bond acceptors (Lipinski definition) is 2. The van der Waals surface area contributed by atoms with Crippen LogP contribution in [0.1, 0.15) is 34.1 Å². The van der Waals surface area contributed by atoms with E-state index in [9.17, 15) is 4.79 Å². The molecule has 0 radical (unpaired) electrons. The summed E-state index contributed by atoms with van der Waals surface area (Å²) in [7, 11) is 0.430. The molecular formula is C9H19O2P. The molecule has 0 saturated heterocycles. The summed E-state index contributed by atoms with van der Waals surface area (Å²) in [5, 5.41) is 0. The fraction of sp³-hybridized carbons (Fsp3) is 0.889. The molecule has 0 bridgehead atoms. The Morgan fingerprint density at radius 2 is 1.92 bits per heavy atom. The van der Waals surface area contributed by atoms with Crippen molar-refractivity contribution in [2.75, 3.05) is 6.66 Å². The lowest BCUT2D eigenvalue weighted by molar-refractivity contribution is -0.125. The zero-order chi connectivity index (χ0) is 9.83. The fourth-order valence-electron chi connectivity index (χ4n) is 1.02. The highest BCUT2D eigenvalue weighted by molar-refractivity contribution is 7.31. The van der Waals surface area contributed by atoms with Crippen molar-refractivity contribution in [3.63, 3.8) is 0 Å². The number of hydrogen-bond donors (Lipinski definition) is 0. The molecule has 0 N–H and O–H groups in total. The van der Waals surface area contributed by atoms with Crippen molar-refractivity contribution in [3.8, 4) is 0 Å². The third kappa shape index (κ3) is 2.27. The van der Waals surface area contributed by atoms with Crippen molar-refractivity contribution >= 4 is 15.1 Å². The summed E-state index contributed by atoms with van der Waals surface area (Å²) < 4.78 is 5.57. The standard InChI is InChI=1S/C9H19O2P/c1-6-9(4,7-10)8(2,3)11-12-5/h7,12H,6H2,1-5H3. The molecule has 0 amide bonds. The maximum Gasteiger partial charge on any atom is 0.128 e. The van der Waals surface area contributed by atoms with Crippen molar-refractivity contribution in [1.29, 1.82) is 0 Å². The predicted octanol–water partition coefficient (Wildman–Crippen LogP) is 2.62. The topological polar surface area (TPSA) is 26.3 Å². The van der Waals surface area contributed by atoms with E-state index in [2.05, 4.69) is 0 Å². The molecule has 12 heavy (non-hydrogen) atoms. The molecule has 0 saturated carbocycles. The molecule has 0 aromatic heterocycles. The van der Waals surface area contributed by atoms with Gasteiger partial charge in [-0.3, -0.25) is 0 Å². The van der Waals surface area contributed by atoms with Gasteiger partial charge in [0.05, 0.1) is 11.0 Å². The molecule has 2 nitrogen and oxygen atoms in total. The minimum Gasteiger partial charge on any atom is -0.356 e. The van der Waals surface area contributed by atoms with E-state index in [0.717, 1.165) is 12.7 Å². The Hall–Kier alpha value is 0.0600. The van der Waals surface area contributed by atoms with Crippen LogP contribution in [-0.4, -0.2) is 18.6 Å². The molecule has 0 fully saturated rings.